The highest BCUT2D eigenvalue weighted by molar-refractivity contribution is 9.10. The van der Waals surface area contributed by atoms with E-state index in [2.05, 4.69) is 50.0 Å². The van der Waals surface area contributed by atoms with Crippen LogP contribution in [0.1, 0.15) is 37.3 Å². The van der Waals surface area contributed by atoms with Crippen molar-refractivity contribution in [3.8, 4) is 0 Å². The summed E-state index contributed by atoms with van der Waals surface area (Å²) >= 11 is 3.68. The third kappa shape index (κ3) is 3.50. The van der Waals surface area contributed by atoms with Crippen LogP contribution in [-0.4, -0.2) is 48.6 Å². The number of hydrogen-bond donors (Lipinski definition) is 1. The normalized spacial score (nSPS) is 26.1. The van der Waals surface area contributed by atoms with Gasteiger partial charge in [0.15, 0.2) is 0 Å². The van der Waals surface area contributed by atoms with Gasteiger partial charge in [-0.2, -0.15) is 0 Å². The molecule has 2 N–H and O–H groups in total. The average Bonchev–Trinajstić information content (AvgIpc) is 3.00. The van der Waals surface area contributed by atoms with E-state index in [1.165, 1.54) is 61.9 Å². The smallest absolute Gasteiger partial charge is 0.0482 e. The zero-order chi connectivity index (χ0) is 14.7. The van der Waals surface area contributed by atoms with Gasteiger partial charge >= 0.3 is 0 Å². The van der Waals surface area contributed by atoms with Crippen molar-refractivity contribution in [2.24, 2.45) is 5.73 Å². The van der Waals surface area contributed by atoms with E-state index < -0.39 is 0 Å². The Morgan fingerprint density at radius 2 is 1.90 bits per heavy atom. The van der Waals surface area contributed by atoms with Crippen molar-refractivity contribution >= 4 is 15.9 Å². The van der Waals surface area contributed by atoms with Gasteiger partial charge in [-0.1, -0.05) is 40.5 Å². The van der Waals surface area contributed by atoms with Gasteiger partial charge in [-0.05, 0) is 44.0 Å². The van der Waals surface area contributed by atoms with Crippen LogP contribution in [0, 0.1) is 0 Å². The summed E-state index contributed by atoms with van der Waals surface area (Å²) in [6.07, 6.45) is 5.46. The summed E-state index contributed by atoms with van der Waals surface area (Å²) in [5.41, 5.74) is 7.43. The molecule has 2 fully saturated rings. The lowest BCUT2D eigenvalue weighted by atomic mass is 10.1. The zero-order valence-corrected chi connectivity index (χ0v) is 14.3. The van der Waals surface area contributed by atoms with Crippen LogP contribution in [0.3, 0.4) is 0 Å². The molecule has 116 valence electrons. The van der Waals surface area contributed by atoms with Crippen LogP contribution in [0.2, 0.25) is 0 Å². The Kier molecular flexibility index (Phi) is 5.33. The Labute approximate surface area is 136 Å². The van der Waals surface area contributed by atoms with Crippen LogP contribution in [0.25, 0.3) is 0 Å². The van der Waals surface area contributed by atoms with Crippen molar-refractivity contribution in [1.82, 2.24) is 9.80 Å². The van der Waals surface area contributed by atoms with Gasteiger partial charge in [0.25, 0.3) is 0 Å². The van der Waals surface area contributed by atoms with Gasteiger partial charge in [-0.25, -0.2) is 0 Å². The molecule has 3 nitrogen and oxygen atoms in total. The van der Waals surface area contributed by atoms with E-state index in [1.54, 1.807) is 0 Å². The van der Waals surface area contributed by atoms with Crippen molar-refractivity contribution in [2.45, 2.75) is 37.8 Å². The third-order valence-corrected chi connectivity index (χ3v) is 5.75. The van der Waals surface area contributed by atoms with E-state index in [4.69, 9.17) is 5.73 Å². The van der Waals surface area contributed by atoms with Crippen LogP contribution in [0.5, 0.6) is 0 Å². The first-order chi connectivity index (χ1) is 10.3. The number of nitrogens with two attached hydrogens (primary N) is 1. The highest BCUT2D eigenvalue weighted by atomic mass is 79.9. The zero-order valence-electron chi connectivity index (χ0n) is 12.7. The van der Waals surface area contributed by atoms with Crippen LogP contribution in [0.15, 0.2) is 28.7 Å². The predicted octanol–water partition coefficient (Wildman–Crippen LogP) is 3.01. The van der Waals surface area contributed by atoms with Crippen LogP contribution in [0.4, 0.5) is 0 Å². The predicted molar refractivity (Wildman–Crippen MR) is 91.3 cm³/mol. The summed E-state index contributed by atoms with van der Waals surface area (Å²) in [5.74, 6) is 0. The Bertz CT molecular complexity index is 459. The molecule has 0 amide bonds. The second-order valence-electron chi connectivity index (χ2n) is 6.31. The Hall–Kier alpha value is -0.420. The lowest BCUT2D eigenvalue weighted by Gasteiger charge is -2.33. The van der Waals surface area contributed by atoms with Crippen molar-refractivity contribution in [1.29, 1.82) is 0 Å². The first kappa shape index (κ1) is 15.5. The molecule has 2 saturated heterocycles. The molecule has 2 heterocycles. The molecule has 21 heavy (non-hydrogen) atoms. The summed E-state index contributed by atoms with van der Waals surface area (Å²) in [6, 6.07) is 9.59. The second-order valence-corrected chi connectivity index (χ2v) is 7.16. The Balaban J connectivity index is 1.67. The van der Waals surface area contributed by atoms with Gasteiger partial charge in [0, 0.05) is 36.2 Å². The molecule has 0 spiro atoms. The molecule has 1 aromatic rings. The fourth-order valence-electron chi connectivity index (χ4n) is 3.85. The highest BCUT2D eigenvalue weighted by Gasteiger charge is 2.32. The quantitative estimate of drug-likeness (QED) is 0.904. The number of halogens is 1. The molecule has 2 unspecified atom stereocenters. The minimum Gasteiger partial charge on any atom is -0.329 e. The van der Waals surface area contributed by atoms with Crippen LogP contribution >= 0.6 is 15.9 Å². The van der Waals surface area contributed by atoms with E-state index >= 15 is 0 Å². The second kappa shape index (κ2) is 7.23. The maximum absolute atomic E-state index is 6.10. The molecule has 2 aliphatic rings. The van der Waals surface area contributed by atoms with E-state index in [9.17, 15) is 0 Å². The average molecular weight is 352 g/mol. The van der Waals surface area contributed by atoms with Gasteiger partial charge < -0.3 is 5.73 Å². The first-order valence-corrected chi connectivity index (χ1v) is 9.01. The topological polar surface area (TPSA) is 32.5 Å². The first-order valence-electron chi connectivity index (χ1n) is 8.22. The summed E-state index contributed by atoms with van der Waals surface area (Å²) < 4.78 is 1.18. The molecule has 0 radical (unpaired) electrons. The minimum atomic E-state index is 0.343. The van der Waals surface area contributed by atoms with E-state index in [0.717, 1.165) is 6.04 Å². The number of nitrogens with zero attached hydrogens (tertiary/aromatic N) is 2. The van der Waals surface area contributed by atoms with Crippen molar-refractivity contribution in [3.63, 3.8) is 0 Å². The molecule has 0 aliphatic carbocycles. The fourth-order valence-corrected chi connectivity index (χ4v) is 4.40. The van der Waals surface area contributed by atoms with Crippen molar-refractivity contribution in [3.05, 3.63) is 34.3 Å². The summed E-state index contributed by atoms with van der Waals surface area (Å²) in [7, 11) is 0. The Morgan fingerprint density at radius 3 is 2.62 bits per heavy atom. The highest BCUT2D eigenvalue weighted by Crippen LogP contribution is 2.31. The molecule has 3 rings (SSSR count). The lowest BCUT2D eigenvalue weighted by Crippen LogP contribution is -2.42. The Morgan fingerprint density at radius 1 is 1.14 bits per heavy atom. The lowest BCUT2D eigenvalue weighted by molar-refractivity contribution is 0.152. The van der Waals surface area contributed by atoms with Crippen molar-refractivity contribution in [2.75, 3.05) is 32.7 Å². The minimum absolute atomic E-state index is 0.343. The standard InChI is InChI=1S/C17H26BrN3/c18-16-7-3-2-6-15(16)17(12-19)21-11-8-14(13-21)20-9-4-1-5-10-20/h2-3,6-7,14,17H,1,4-5,8-13,19H2. The van der Waals surface area contributed by atoms with Crippen LogP contribution < -0.4 is 5.73 Å². The monoisotopic (exact) mass is 351 g/mol. The van der Waals surface area contributed by atoms with Gasteiger partial charge in [0.2, 0.25) is 0 Å². The summed E-state index contributed by atoms with van der Waals surface area (Å²) in [4.78, 5) is 5.29. The molecule has 1 aromatic carbocycles. The van der Waals surface area contributed by atoms with Crippen molar-refractivity contribution < 1.29 is 0 Å². The molecule has 0 aromatic heterocycles. The number of benzene rings is 1. The number of hydrogen-bond acceptors (Lipinski definition) is 3. The van der Waals surface area contributed by atoms with Gasteiger partial charge in [0.1, 0.15) is 0 Å². The maximum Gasteiger partial charge on any atom is 0.0482 e. The number of rotatable bonds is 4. The van der Waals surface area contributed by atoms with Crippen LogP contribution in [-0.2, 0) is 0 Å². The molecule has 2 aliphatic heterocycles. The number of likely N-dealkylation sites (tertiary alicyclic amines) is 2. The van der Waals surface area contributed by atoms with Gasteiger partial charge in [0.05, 0.1) is 0 Å². The molecular formula is C17H26BrN3. The van der Waals surface area contributed by atoms with E-state index in [1.807, 2.05) is 0 Å². The molecule has 4 heteroatoms. The molecule has 0 saturated carbocycles. The molecular weight excluding hydrogens is 326 g/mol. The number of piperidine rings is 1. The molecule has 2 atom stereocenters. The SMILES string of the molecule is NCC(c1ccccc1Br)N1CCC(N2CCCCC2)C1. The summed E-state index contributed by atoms with van der Waals surface area (Å²) in [5, 5.41) is 0. The van der Waals surface area contributed by atoms with Gasteiger partial charge in [-0.3, -0.25) is 9.80 Å². The van der Waals surface area contributed by atoms with E-state index in [-0.39, 0.29) is 0 Å². The molecule has 0 bridgehead atoms. The fraction of sp³-hybridized carbons (Fsp3) is 0.647. The van der Waals surface area contributed by atoms with E-state index in [0.29, 0.717) is 12.6 Å². The maximum atomic E-state index is 6.10. The third-order valence-electron chi connectivity index (χ3n) is 5.03. The summed E-state index contributed by atoms with van der Waals surface area (Å²) in [6.45, 7) is 5.62. The van der Waals surface area contributed by atoms with Gasteiger partial charge in [-0.15, -0.1) is 0 Å². The largest absolute Gasteiger partial charge is 0.329 e.